The second-order valence-corrected chi connectivity index (χ2v) is 4.07. The fourth-order valence-electron chi connectivity index (χ4n) is 1.68. The van der Waals surface area contributed by atoms with Crippen LogP contribution in [0.1, 0.15) is 11.1 Å². The molecule has 2 rings (SSSR count). The van der Waals surface area contributed by atoms with Gasteiger partial charge in [-0.05, 0) is 41.5 Å². The summed E-state index contributed by atoms with van der Waals surface area (Å²) in [5.41, 5.74) is 1.74. The van der Waals surface area contributed by atoms with Crippen molar-refractivity contribution in [2.75, 3.05) is 0 Å². The van der Waals surface area contributed by atoms with Gasteiger partial charge in [0.15, 0.2) is 0 Å². The SMILES string of the molecule is N#C/C(=C/c1ccc(O)cc1)c1ccc([N+](=O)[O-])cc1. The van der Waals surface area contributed by atoms with Crippen LogP contribution >= 0.6 is 0 Å². The van der Waals surface area contributed by atoms with Crippen LogP contribution in [0.4, 0.5) is 5.69 Å². The molecule has 0 atom stereocenters. The number of hydrogen-bond donors (Lipinski definition) is 1. The van der Waals surface area contributed by atoms with Crippen LogP contribution in [0, 0.1) is 21.4 Å². The van der Waals surface area contributed by atoms with Crippen LogP contribution in [0.25, 0.3) is 11.6 Å². The Labute approximate surface area is 115 Å². The quantitative estimate of drug-likeness (QED) is 0.399. The molecule has 98 valence electrons. The smallest absolute Gasteiger partial charge is 0.269 e. The van der Waals surface area contributed by atoms with E-state index in [0.717, 1.165) is 5.56 Å². The molecule has 0 aromatic heterocycles. The molecule has 5 nitrogen and oxygen atoms in total. The topological polar surface area (TPSA) is 87.2 Å². The van der Waals surface area contributed by atoms with Crippen LogP contribution in [-0.4, -0.2) is 10.0 Å². The number of aromatic hydroxyl groups is 1. The van der Waals surface area contributed by atoms with Gasteiger partial charge in [0, 0.05) is 12.1 Å². The largest absolute Gasteiger partial charge is 0.508 e. The predicted molar refractivity (Wildman–Crippen MR) is 74.7 cm³/mol. The van der Waals surface area contributed by atoms with Crippen LogP contribution in [0.5, 0.6) is 5.75 Å². The lowest BCUT2D eigenvalue weighted by atomic mass is 10.0. The minimum absolute atomic E-state index is 0.0179. The Kier molecular flexibility index (Phi) is 3.77. The molecule has 0 fully saturated rings. The monoisotopic (exact) mass is 266 g/mol. The average molecular weight is 266 g/mol. The highest BCUT2D eigenvalue weighted by molar-refractivity contribution is 5.89. The average Bonchev–Trinajstić information content (AvgIpc) is 2.47. The van der Waals surface area contributed by atoms with Crippen LogP contribution < -0.4 is 0 Å². The molecular weight excluding hydrogens is 256 g/mol. The zero-order valence-electron chi connectivity index (χ0n) is 10.4. The number of nitro groups is 1. The fourth-order valence-corrected chi connectivity index (χ4v) is 1.68. The lowest BCUT2D eigenvalue weighted by molar-refractivity contribution is -0.384. The number of nitriles is 1. The van der Waals surface area contributed by atoms with Crippen LogP contribution in [-0.2, 0) is 0 Å². The molecule has 0 spiro atoms. The van der Waals surface area contributed by atoms with Gasteiger partial charge in [-0.1, -0.05) is 12.1 Å². The van der Waals surface area contributed by atoms with Gasteiger partial charge in [0.25, 0.3) is 5.69 Å². The maximum Gasteiger partial charge on any atom is 0.269 e. The van der Waals surface area contributed by atoms with E-state index in [0.29, 0.717) is 11.1 Å². The third-order valence-corrected chi connectivity index (χ3v) is 2.71. The first-order chi connectivity index (χ1) is 9.60. The molecule has 1 N–H and O–H groups in total. The Bertz CT molecular complexity index is 695. The number of phenols is 1. The van der Waals surface area contributed by atoms with Crippen molar-refractivity contribution in [1.29, 1.82) is 5.26 Å². The van der Waals surface area contributed by atoms with Crippen molar-refractivity contribution in [3.8, 4) is 11.8 Å². The molecule has 0 bridgehead atoms. The summed E-state index contributed by atoms with van der Waals surface area (Å²) in [6.45, 7) is 0. The normalized spacial score (nSPS) is 10.8. The van der Waals surface area contributed by atoms with E-state index >= 15 is 0 Å². The lowest BCUT2D eigenvalue weighted by Crippen LogP contribution is -1.88. The summed E-state index contributed by atoms with van der Waals surface area (Å²) in [6.07, 6.45) is 1.65. The summed E-state index contributed by atoms with van der Waals surface area (Å²) in [5.74, 6) is 0.149. The number of allylic oxidation sites excluding steroid dienone is 1. The van der Waals surface area contributed by atoms with Crippen molar-refractivity contribution in [3.63, 3.8) is 0 Å². The lowest BCUT2D eigenvalue weighted by Gasteiger charge is -2.00. The van der Waals surface area contributed by atoms with Crippen molar-refractivity contribution < 1.29 is 10.0 Å². The molecule has 0 radical (unpaired) electrons. The van der Waals surface area contributed by atoms with Crippen molar-refractivity contribution in [1.82, 2.24) is 0 Å². The van der Waals surface area contributed by atoms with Crippen molar-refractivity contribution in [2.24, 2.45) is 0 Å². The van der Waals surface area contributed by atoms with E-state index < -0.39 is 4.92 Å². The summed E-state index contributed by atoms with van der Waals surface area (Å²) in [7, 11) is 0. The third kappa shape index (κ3) is 3.00. The van der Waals surface area contributed by atoms with Gasteiger partial charge in [-0.15, -0.1) is 0 Å². The second kappa shape index (κ2) is 5.67. The van der Waals surface area contributed by atoms with Gasteiger partial charge in [-0.3, -0.25) is 10.1 Å². The van der Waals surface area contributed by atoms with Crippen LogP contribution in [0.2, 0.25) is 0 Å². The standard InChI is InChI=1S/C15H10N2O3/c16-10-13(9-11-1-7-15(18)8-2-11)12-3-5-14(6-4-12)17(19)20/h1-9,18H/b13-9-. The van der Waals surface area contributed by atoms with Gasteiger partial charge in [-0.2, -0.15) is 5.26 Å². The zero-order chi connectivity index (χ0) is 14.5. The number of nitro benzene ring substituents is 1. The van der Waals surface area contributed by atoms with E-state index in [9.17, 15) is 20.5 Å². The highest BCUT2D eigenvalue weighted by atomic mass is 16.6. The Hall–Kier alpha value is -3.13. The predicted octanol–water partition coefficient (Wildman–Crippen LogP) is 3.36. The molecule has 0 aliphatic heterocycles. The summed E-state index contributed by atoms with van der Waals surface area (Å²) in [4.78, 5) is 10.1. The maximum absolute atomic E-state index is 10.6. The summed E-state index contributed by atoms with van der Waals surface area (Å²) in [5, 5.41) is 28.9. The molecule has 0 saturated carbocycles. The first-order valence-corrected chi connectivity index (χ1v) is 5.76. The number of non-ortho nitro benzene ring substituents is 1. The molecule has 20 heavy (non-hydrogen) atoms. The van der Waals surface area contributed by atoms with E-state index in [2.05, 4.69) is 6.07 Å². The van der Waals surface area contributed by atoms with Crippen LogP contribution in [0.15, 0.2) is 48.5 Å². The minimum Gasteiger partial charge on any atom is -0.508 e. The Balaban J connectivity index is 2.35. The Morgan fingerprint density at radius 1 is 1.15 bits per heavy atom. The molecule has 0 unspecified atom stereocenters. The van der Waals surface area contributed by atoms with Gasteiger partial charge in [0.05, 0.1) is 16.6 Å². The number of phenolic OH excluding ortho intramolecular Hbond substituents is 1. The minimum atomic E-state index is -0.487. The Morgan fingerprint density at radius 2 is 1.75 bits per heavy atom. The van der Waals surface area contributed by atoms with E-state index in [1.807, 2.05) is 0 Å². The van der Waals surface area contributed by atoms with Gasteiger partial charge in [0.1, 0.15) is 5.75 Å². The van der Waals surface area contributed by atoms with E-state index in [4.69, 9.17) is 0 Å². The maximum atomic E-state index is 10.6. The summed E-state index contributed by atoms with van der Waals surface area (Å²) >= 11 is 0. The van der Waals surface area contributed by atoms with Crippen molar-refractivity contribution in [3.05, 3.63) is 69.8 Å². The zero-order valence-corrected chi connectivity index (χ0v) is 10.4. The molecule has 2 aromatic carbocycles. The number of benzene rings is 2. The molecular formula is C15H10N2O3. The van der Waals surface area contributed by atoms with Gasteiger partial charge in [0.2, 0.25) is 0 Å². The highest BCUT2D eigenvalue weighted by Crippen LogP contribution is 2.21. The molecule has 0 aliphatic rings. The number of nitrogens with zero attached hydrogens (tertiary/aromatic N) is 2. The fraction of sp³-hybridized carbons (Fsp3) is 0. The van der Waals surface area contributed by atoms with Gasteiger partial charge < -0.3 is 5.11 Å². The third-order valence-electron chi connectivity index (χ3n) is 2.71. The van der Waals surface area contributed by atoms with Crippen molar-refractivity contribution in [2.45, 2.75) is 0 Å². The molecule has 0 aliphatic carbocycles. The molecule has 5 heteroatoms. The van der Waals surface area contributed by atoms with E-state index in [1.165, 1.54) is 36.4 Å². The molecule has 0 saturated heterocycles. The molecule has 2 aromatic rings. The van der Waals surface area contributed by atoms with Crippen molar-refractivity contribution >= 4 is 17.3 Å². The molecule has 0 heterocycles. The number of rotatable bonds is 3. The van der Waals surface area contributed by atoms with E-state index in [1.54, 1.807) is 18.2 Å². The molecule has 0 amide bonds. The Morgan fingerprint density at radius 3 is 2.25 bits per heavy atom. The van der Waals surface area contributed by atoms with Gasteiger partial charge >= 0.3 is 0 Å². The van der Waals surface area contributed by atoms with Gasteiger partial charge in [-0.25, -0.2) is 0 Å². The summed E-state index contributed by atoms with van der Waals surface area (Å²) < 4.78 is 0. The summed E-state index contributed by atoms with van der Waals surface area (Å²) in [6, 6.07) is 14.3. The number of hydrogen-bond acceptors (Lipinski definition) is 4. The van der Waals surface area contributed by atoms with E-state index in [-0.39, 0.29) is 11.4 Å². The highest BCUT2D eigenvalue weighted by Gasteiger charge is 2.06. The first-order valence-electron chi connectivity index (χ1n) is 5.76. The second-order valence-electron chi connectivity index (χ2n) is 4.07. The van der Waals surface area contributed by atoms with Crippen LogP contribution in [0.3, 0.4) is 0 Å². The first kappa shape index (κ1) is 13.3.